The van der Waals surface area contributed by atoms with E-state index in [-0.39, 0.29) is 6.04 Å². The molecule has 3 nitrogen and oxygen atoms in total. The number of halogens is 1. The fourth-order valence-electron chi connectivity index (χ4n) is 1.84. The molecule has 1 aromatic carbocycles. The average Bonchev–Trinajstić information content (AvgIpc) is 2.33. The Balaban J connectivity index is 2.24. The highest BCUT2D eigenvalue weighted by molar-refractivity contribution is 6.30. The summed E-state index contributed by atoms with van der Waals surface area (Å²) in [6.45, 7) is 4.93. The summed E-state index contributed by atoms with van der Waals surface area (Å²) in [6, 6.07) is 5.88. The van der Waals surface area contributed by atoms with E-state index in [1.54, 1.807) is 0 Å². The molecule has 1 saturated heterocycles. The first kappa shape index (κ1) is 11.7. The molecule has 0 radical (unpaired) electrons. The molecule has 0 bridgehead atoms. The number of rotatable bonds is 3. The monoisotopic (exact) mass is 241 g/mol. The van der Waals surface area contributed by atoms with Crippen LogP contribution in [0.25, 0.3) is 0 Å². The van der Waals surface area contributed by atoms with Crippen molar-refractivity contribution < 1.29 is 9.47 Å². The Morgan fingerprint density at radius 2 is 2.44 bits per heavy atom. The van der Waals surface area contributed by atoms with Crippen LogP contribution in [0.5, 0.6) is 5.75 Å². The Bertz CT molecular complexity index is 351. The zero-order valence-corrected chi connectivity index (χ0v) is 10.1. The first-order valence-electron chi connectivity index (χ1n) is 5.54. The van der Waals surface area contributed by atoms with Gasteiger partial charge in [-0.25, -0.2) is 0 Å². The van der Waals surface area contributed by atoms with Crippen molar-refractivity contribution in [2.45, 2.75) is 13.0 Å². The lowest BCUT2D eigenvalue weighted by Gasteiger charge is -2.26. The van der Waals surface area contributed by atoms with Crippen molar-refractivity contribution in [1.29, 1.82) is 0 Å². The second-order valence-corrected chi connectivity index (χ2v) is 4.13. The molecule has 1 aliphatic heterocycles. The van der Waals surface area contributed by atoms with E-state index in [1.807, 2.05) is 25.1 Å². The molecule has 0 saturated carbocycles. The van der Waals surface area contributed by atoms with E-state index >= 15 is 0 Å². The van der Waals surface area contributed by atoms with Crippen LogP contribution in [0.1, 0.15) is 18.5 Å². The molecule has 88 valence electrons. The van der Waals surface area contributed by atoms with Crippen LogP contribution in [0.3, 0.4) is 0 Å². The molecule has 1 atom stereocenters. The van der Waals surface area contributed by atoms with E-state index in [1.165, 1.54) is 0 Å². The molecule has 4 heteroatoms. The van der Waals surface area contributed by atoms with Crippen LogP contribution < -0.4 is 10.1 Å². The lowest BCUT2D eigenvalue weighted by Crippen LogP contribution is -2.34. The predicted molar refractivity (Wildman–Crippen MR) is 64.2 cm³/mol. The molecule has 1 fully saturated rings. The summed E-state index contributed by atoms with van der Waals surface area (Å²) in [7, 11) is 0. The zero-order chi connectivity index (χ0) is 11.4. The molecule has 1 heterocycles. The fraction of sp³-hybridized carbons (Fsp3) is 0.500. The van der Waals surface area contributed by atoms with E-state index in [4.69, 9.17) is 21.1 Å². The van der Waals surface area contributed by atoms with Crippen LogP contribution >= 0.6 is 11.6 Å². The van der Waals surface area contributed by atoms with Gasteiger partial charge in [-0.1, -0.05) is 11.6 Å². The van der Waals surface area contributed by atoms with Crippen molar-refractivity contribution in [3.63, 3.8) is 0 Å². The third-order valence-electron chi connectivity index (χ3n) is 2.57. The lowest BCUT2D eigenvalue weighted by atomic mass is 10.1. The van der Waals surface area contributed by atoms with Gasteiger partial charge in [0.05, 0.1) is 25.9 Å². The standard InChI is InChI=1S/C12H16ClNO2/c1-2-16-12-4-3-9(13)7-10(12)11-8-15-6-5-14-11/h3-4,7,11,14H,2,5-6,8H2,1H3. The highest BCUT2D eigenvalue weighted by atomic mass is 35.5. The van der Waals surface area contributed by atoms with Gasteiger partial charge in [-0.05, 0) is 25.1 Å². The number of nitrogens with one attached hydrogen (secondary N) is 1. The average molecular weight is 242 g/mol. The van der Waals surface area contributed by atoms with Crippen LogP contribution in [0, 0.1) is 0 Å². The van der Waals surface area contributed by atoms with E-state index in [0.717, 1.165) is 29.5 Å². The molecule has 0 aliphatic carbocycles. The summed E-state index contributed by atoms with van der Waals surface area (Å²) >= 11 is 6.01. The van der Waals surface area contributed by atoms with Gasteiger partial charge in [0.15, 0.2) is 0 Å². The molecule has 1 N–H and O–H groups in total. The highest BCUT2D eigenvalue weighted by Gasteiger charge is 2.19. The van der Waals surface area contributed by atoms with Crippen molar-refractivity contribution in [3.05, 3.63) is 28.8 Å². The summed E-state index contributed by atoms with van der Waals surface area (Å²) in [5.41, 5.74) is 1.08. The number of morpholine rings is 1. The summed E-state index contributed by atoms with van der Waals surface area (Å²) in [6.07, 6.45) is 0. The fourth-order valence-corrected chi connectivity index (χ4v) is 2.02. The van der Waals surface area contributed by atoms with Crippen LogP contribution in [-0.2, 0) is 4.74 Å². The number of ether oxygens (including phenoxy) is 2. The maximum atomic E-state index is 6.01. The third kappa shape index (κ3) is 2.67. The van der Waals surface area contributed by atoms with Crippen molar-refractivity contribution in [2.24, 2.45) is 0 Å². The van der Waals surface area contributed by atoms with Crippen molar-refractivity contribution >= 4 is 11.6 Å². The van der Waals surface area contributed by atoms with E-state index in [0.29, 0.717) is 13.2 Å². The smallest absolute Gasteiger partial charge is 0.124 e. The molecule has 1 unspecified atom stereocenters. The zero-order valence-electron chi connectivity index (χ0n) is 9.33. The second kappa shape index (κ2) is 5.53. The first-order valence-corrected chi connectivity index (χ1v) is 5.92. The Morgan fingerprint density at radius 1 is 1.56 bits per heavy atom. The summed E-state index contributed by atoms with van der Waals surface area (Å²) < 4.78 is 11.0. The van der Waals surface area contributed by atoms with Gasteiger partial charge in [-0.3, -0.25) is 0 Å². The molecule has 16 heavy (non-hydrogen) atoms. The van der Waals surface area contributed by atoms with E-state index in [2.05, 4.69) is 5.32 Å². The maximum absolute atomic E-state index is 6.01. The Kier molecular flexibility index (Phi) is 4.04. The number of benzene rings is 1. The van der Waals surface area contributed by atoms with Crippen LogP contribution in [0.2, 0.25) is 5.02 Å². The van der Waals surface area contributed by atoms with Crippen LogP contribution in [-0.4, -0.2) is 26.4 Å². The summed E-state index contributed by atoms with van der Waals surface area (Å²) in [4.78, 5) is 0. The van der Waals surface area contributed by atoms with E-state index < -0.39 is 0 Å². The van der Waals surface area contributed by atoms with Gasteiger partial charge in [-0.15, -0.1) is 0 Å². The molecule has 2 rings (SSSR count). The van der Waals surface area contributed by atoms with Gasteiger partial charge in [0.25, 0.3) is 0 Å². The molecule has 0 amide bonds. The first-order chi connectivity index (χ1) is 7.81. The van der Waals surface area contributed by atoms with Gasteiger partial charge in [0.2, 0.25) is 0 Å². The van der Waals surface area contributed by atoms with Gasteiger partial charge in [-0.2, -0.15) is 0 Å². The second-order valence-electron chi connectivity index (χ2n) is 3.70. The van der Waals surface area contributed by atoms with Gasteiger partial charge < -0.3 is 14.8 Å². The van der Waals surface area contributed by atoms with E-state index in [9.17, 15) is 0 Å². The largest absolute Gasteiger partial charge is 0.494 e. The van der Waals surface area contributed by atoms with Gasteiger partial charge in [0, 0.05) is 17.1 Å². The summed E-state index contributed by atoms with van der Waals surface area (Å²) in [5.74, 6) is 0.884. The predicted octanol–water partition coefficient (Wildman–Crippen LogP) is 2.40. The molecule has 1 aromatic rings. The van der Waals surface area contributed by atoms with Gasteiger partial charge >= 0.3 is 0 Å². The van der Waals surface area contributed by atoms with Crippen molar-refractivity contribution in [2.75, 3.05) is 26.4 Å². The number of hydrogen-bond acceptors (Lipinski definition) is 3. The Hall–Kier alpha value is -0.770. The lowest BCUT2D eigenvalue weighted by molar-refractivity contribution is 0.0758. The minimum absolute atomic E-state index is 0.175. The number of hydrogen-bond donors (Lipinski definition) is 1. The molecule has 0 aromatic heterocycles. The minimum Gasteiger partial charge on any atom is -0.494 e. The quantitative estimate of drug-likeness (QED) is 0.882. The highest BCUT2D eigenvalue weighted by Crippen LogP contribution is 2.29. The Labute approximate surface area is 101 Å². The third-order valence-corrected chi connectivity index (χ3v) is 2.80. The molecular weight excluding hydrogens is 226 g/mol. The molecule has 0 spiro atoms. The van der Waals surface area contributed by atoms with Crippen molar-refractivity contribution in [3.8, 4) is 5.75 Å². The van der Waals surface area contributed by atoms with Gasteiger partial charge in [0.1, 0.15) is 5.75 Å². The maximum Gasteiger partial charge on any atom is 0.124 e. The Morgan fingerprint density at radius 3 is 3.12 bits per heavy atom. The normalized spacial score (nSPS) is 20.8. The molecular formula is C12H16ClNO2. The van der Waals surface area contributed by atoms with Crippen LogP contribution in [0.4, 0.5) is 0 Å². The minimum atomic E-state index is 0.175. The van der Waals surface area contributed by atoms with Crippen LogP contribution in [0.15, 0.2) is 18.2 Å². The van der Waals surface area contributed by atoms with Crippen molar-refractivity contribution in [1.82, 2.24) is 5.32 Å². The SMILES string of the molecule is CCOc1ccc(Cl)cc1C1COCCN1. The summed E-state index contributed by atoms with van der Waals surface area (Å²) in [5, 5.41) is 4.13. The topological polar surface area (TPSA) is 30.5 Å². The molecule has 1 aliphatic rings.